The Kier molecular flexibility index (Phi) is 5.78. The molecular formula is C27H17F4N7O. The molecule has 0 aliphatic carbocycles. The molecule has 0 unspecified atom stereocenters. The van der Waals surface area contributed by atoms with Gasteiger partial charge in [-0.05, 0) is 22.9 Å². The number of carbonyl (C=O) groups excluding carboxylic acids is 1. The van der Waals surface area contributed by atoms with E-state index in [0.717, 1.165) is 17.6 Å². The topological polar surface area (TPSA) is 90.0 Å². The molecule has 0 spiro atoms. The Hall–Kier alpha value is -5.13. The molecule has 0 fully saturated rings. The smallest absolute Gasteiger partial charge is 0.289 e. The molecule has 6 aromatic rings. The number of hydrogen-bond acceptors (Lipinski definition) is 5. The first-order chi connectivity index (χ1) is 18.8. The fourth-order valence-corrected chi connectivity index (χ4v) is 4.31. The first-order valence-electron chi connectivity index (χ1n) is 11.7. The summed E-state index contributed by atoms with van der Waals surface area (Å²) in [5.41, 5.74) is -0.686. The molecule has 0 aliphatic rings. The summed E-state index contributed by atoms with van der Waals surface area (Å²) < 4.78 is 58.0. The minimum Gasteiger partial charge on any atom is -0.289 e. The molecule has 0 radical (unpaired) electrons. The molecule has 3 heterocycles. The van der Waals surface area contributed by atoms with Crippen molar-refractivity contribution in [2.45, 2.75) is 12.7 Å². The van der Waals surface area contributed by atoms with Crippen LogP contribution in [0.2, 0.25) is 0 Å². The molecular weight excluding hydrogens is 514 g/mol. The molecule has 3 aromatic heterocycles. The Bertz CT molecular complexity index is 1850. The lowest BCUT2D eigenvalue weighted by Gasteiger charge is -2.13. The van der Waals surface area contributed by atoms with Gasteiger partial charge in [0.25, 0.3) is 5.91 Å². The van der Waals surface area contributed by atoms with Crippen LogP contribution in [0.3, 0.4) is 0 Å². The van der Waals surface area contributed by atoms with Gasteiger partial charge in [-0.3, -0.25) is 10.1 Å². The zero-order valence-corrected chi connectivity index (χ0v) is 19.9. The summed E-state index contributed by atoms with van der Waals surface area (Å²) >= 11 is 0. The number of halogens is 4. The van der Waals surface area contributed by atoms with E-state index < -0.39 is 23.6 Å². The van der Waals surface area contributed by atoms with E-state index in [1.807, 2.05) is 18.2 Å². The minimum atomic E-state index is -4.77. The molecule has 0 aliphatic heterocycles. The van der Waals surface area contributed by atoms with E-state index in [0.29, 0.717) is 21.0 Å². The van der Waals surface area contributed by atoms with E-state index in [2.05, 4.69) is 25.5 Å². The maximum atomic E-state index is 14.1. The summed E-state index contributed by atoms with van der Waals surface area (Å²) in [6.45, 7) is 0.0666. The van der Waals surface area contributed by atoms with Crippen LogP contribution in [-0.2, 0) is 12.7 Å². The van der Waals surface area contributed by atoms with Crippen LogP contribution in [-0.4, -0.2) is 35.3 Å². The van der Waals surface area contributed by atoms with Crippen molar-refractivity contribution in [3.63, 3.8) is 0 Å². The van der Waals surface area contributed by atoms with Crippen LogP contribution in [0, 0.1) is 5.82 Å². The number of nitrogens with one attached hydrogen (secondary N) is 1. The molecule has 1 N–H and O–H groups in total. The number of rotatable bonds is 5. The average molecular weight is 531 g/mol. The number of nitrogens with zero attached hydrogens (tertiary/aromatic N) is 6. The number of anilines is 1. The summed E-state index contributed by atoms with van der Waals surface area (Å²) in [5, 5.41) is 11.9. The highest BCUT2D eigenvalue weighted by Gasteiger charge is 2.36. The van der Waals surface area contributed by atoms with Gasteiger partial charge < -0.3 is 0 Å². The average Bonchev–Trinajstić information content (AvgIpc) is 3.55. The lowest BCUT2D eigenvalue weighted by Crippen LogP contribution is -2.16. The number of hydrogen-bond donors (Lipinski definition) is 1. The summed E-state index contributed by atoms with van der Waals surface area (Å²) in [6, 6.07) is 19.5. The van der Waals surface area contributed by atoms with Gasteiger partial charge >= 0.3 is 6.18 Å². The summed E-state index contributed by atoms with van der Waals surface area (Å²) in [4.78, 5) is 21.5. The monoisotopic (exact) mass is 531 g/mol. The second-order valence-electron chi connectivity index (χ2n) is 8.66. The van der Waals surface area contributed by atoms with Crippen molar-refractivity contribution in [3.05, 3.63) is 108 Å². The van der Waals surface area contributed by atoms with E-state index >= 15 is 0 Å². The molecule has 0 saturated carbocycles. The third-order valence-corrected chi connectivity index (χ3v) is 6.12. The van der Waals surface area contributed by atoms with Crippen LogP contribution >= 0.6 is 0 Å². The van der Waals surface area contributed by atoms with Crippen LogP contribution in [0.1, 0.15) is 21.6 Å². The number of alkyl halides is 3. The first-order valence-corrected chi connectivity index (χ1v) is 11.7. The Balaban J connectivity index is 1.38. The Morgan fingerprint density at radius 2 is 1.74 bits per heavy atom. The minimum absolute atomic E-state index is 0.0356. The normalized spacial score (nSPS) is 11.8. The first kappa shape index (κ1) is 24.2. The van der Waals surface area contributed by atoms with Crippen LogP contribution in [0.4, 0.5) is 23.5 Å². The van der Waals surface area contributed by atoms with Crippen molar-refractivity contribution in [3.8, 4) is 11.3 Å². The van der Waals surface area contributed by atoms with E-state index in [4.69, 9.17) is 0 Å². The number of aromatic nitrogens is 6. The standard InChI is InChI=1S/C27H17F4N7O/c28-21-11-4-2-7-17(21)14-37-15-32-26(36-37)35-25(39)20-13-33-38-23(27(29,30)31)12-22(34-24(20)38)19-10-5-8-16-6-1-3-9-18(16)19/h1-13,15H,14H2,(H,35,36,39). The van der Waals surface area contributed by atoms with Crippen LogP contribution in [0.5, 0.6) is 0 Å². The molecule has 6 rings (SSSR count). The predicted molar refractivity (Wildman–Crippen MR) is 134 cm³/mol. The number of fused-ring (bicyclic) bond motifs is 2. The van der Waals surface area contributed by atoms with Gasteiger partial charge in [0.05, 0.1) is 18.4 Å². The molecule has 0 bridgehead atoms. The highest BCUT2D eigenvalue weighted by atomic mass is 19.4. The maximum absolute atomic E-state index is 14.1. The molecule has 0 saturated heterocycles. The van der Waals surface area contributed by atoms with E-state index in [9.17, 15) is 22.4 Å². The van der Waals surface area contributed by atoms with Gasteiger partial charge in [0.15, 0.2) is 11.3 Å². The van der Waals surface area contributed by atoms with E-state index in [1.165, 1.54) is 17.1 Å². The van der Waals surface area contributed by atoms with Crippen molar-refractivity contribution < 1.29 is 22.4 Å². The zero-order valence-electron chi connectivity index (χ0n) is 19.9. The van der Waals surface area contributed by atoms with Crippen molar-refractivity contribution >= 4 is 28.3 Å². The number of amides is 1. The molecule has 194 valence electrons. The largest absolute Gasteiger partial charge is 0.433 e. The van der Waals surface area contributed by atoms with Crippen molar-refractivity contribution in [2.75, 3.05) is 5.32 Å². The third-order valence-electron chi connectivity index (χ3n) is 6.12. The fraction of sp³-hybridized carbons (Fsp3) is 0.0741. The molecule has 1 amide bonds. The molecule has 12 heteroatoms. The summed E-state index contributed by atoms with van der Waals surface area (Å²) in [6.07, 6.45) is -2.46. The van der Waals surface area contributed by atoms with Crippen molar-refractivity contribution in [1.82, 2.24) is 29.4 Å². The van der Waals surface area contributed by atoms with Crippen LogP contribution in [0.25, 0.3) is 27.7 Å². The highest BCUT2D eigenvalue weighted by molar-refractivity contribution is 6.07. The Labute approximate surface area is 217 Å². The lowest BCUT2D eigenvalue weighted by molar-refractivity contribution is -0.142. The Morgan fingerprint density at radius 3 is 2.56 bits per heavy atom. The lowest BCUT2D eigenvalue weighted by atomic mass is 10.0. The van der Waals surface area contributed by atoms with Gasteiger partial charge in [-0.15, -0.1) is 5.10 Å². The van der Waals surface area contributed by atoms with Crippen molar-refractivity contribution in [1.29, 1.82) is 0 Å². The number of benzene rings is 3. The number of carbonyl (C=O) groups is 1. The van der Waals surface area contributed by atoms with Crippen LogP contribution < -0.4 is 5.32 Å². The molecule has 39 heavy (non-hydrogen) atoms. The molecule has 0 atom stereocenters. The predicted octanol–water partition coefficient (Wildman–Crippen LogP) is 5.60. The summed E-state index contributed by atoms with van der Waals surface area (Å²) in [7, 11) is 0. The fourth-order valence-electron chi connectivity index (χ4n) is 4.31. The second-order valence-corrected chi connectivity index (χ2v) is 8.66. The van der Waals surface area contributed by atoms with Gasteiger partial charge in [0.1, 0.15) is 17.7 Å². The van der Waals surface area contributed by atoms with Gasteiger partial charge in [0.2, 0.25) is 5.95 Å². The van der Waals surface area contributed by atoms with Gasteiger partial charge in [0, 0.05) is 11.1 Å². The summed E-state index contributed by atoms with van der Waals surface area (Å²) in [5.74, 6) is -1.33. The van der Waals surface area contributed by atoms with Gasteiger partial charge in [-0.25, -0.2) is 23.6 Å². The quantitative estimate of drug-likeness (QED) is 0.293. The van der Waals surface area contributed by atoms with E-state index in [1.54, 1.807) is 42.5 Å². The second kappa shape index (κ2) is 9.31. The van der Waals surface area contributed by atoms with Gasteiger partial charge in [-0.2, -0.15) is 18.3 Å². The maximum Gasteiger partial charge on any atom is 0.433 e. The zero-order chi connectivity index (χ0) is 27.1. The highest BCUT2D eigenvalue weighted by Crippen LogP contribution is 2.35. The molecule has 8 nitrogen and oxygen atoms in total. The third kappa shape index (κ3) is 4.56. The molecule has 3 aromatic carbocycles. The van der Waals surface area contributed by atoms with E-state index in [-0.39, 0.29) is 29.4 Å². The SMILES string of the molecule is O=C(Nc1ncn(Cc2ccccc2F)n1)c1cnn2c(C(F)(F)F)cc(-c3cccc4ccccc34)nc12. The Morgan fingerprint density at radius 1 is 0.974 bits per heavy atom. The van der Waals surface area contributed by atoms with Gasteiger partial charge in [-0.1, -0.05) is 60.7 Å². The van der Waals surface area contributed by atoms with Crippen molar-refractivity contribution in [2.24, 2.45) is 0 Å². The van der Waals surface area contributed by atoms with Crippen LogP contribution in [0.15, 0.2) is 85.3 Å².